The molecule has 0 aromatic carbocycles. The molecule has 0 radical (unpaired) electrons. The van der Waals surface area contributed by atoms with Crippen molar-refractivity contribution < 1.29 is 14.3 Å². The number of rotatable bonds is 1. The number of nitrogens with zero attached hydrogens (tertiary/aromatic N) is 4. The van der Waals surface area contributed by atoms with E-state index in [1.807, 2.05) is 0 Å². The summed E-state index contributed by atoms with van der Waals surface area (Å²) in [7, 11) is 0. The van der Waals surface area contributed by atoms with Crippen LogP contribution >= 0.6 is 0 Å². The van der Waals surface area contributed by atoms with E-state index in [2.05, 4.69) is 10.0 Å². The Hall–Kier alpha value is -1.49. The first-order chi connectivity index (χ1) is 6.15. The molecule has 13 heavy (non-hydrogen) atoms. The zero-order valence-corrected chi connectivity index (χ0v) is 6.80. The Morgan fingerprint density at radius 2 is 2.46 bits per heavy atom. The van der Waals surface area contributed by atoms with Crippen LogP contribution in [0.2, 0.25) is 0 Å². The molecule has 1 aliphatic rings. The Kier molecular flexibility index (Phi) is 2.92. The predicted molar refractivity (Wildman–Crippen MR) is 42.0 cm³/mol. The highest BCUT2D eigenvalue weighted by Gasteiger charge is 2.30. The third-order valence-electron chi connectivity index (χ3n) is 1.98. The van der Waals surface area contributed by atoms with Gasteiger partial charge in [-0.2, -0.15) is 0 Å². The third kappa shape index (κ3) is 2.22. The molecule has 0 aromatic heterocycles. The lowest BCUT2D eigenvalue weighted by molar-refractivity contribution is 0.0976. The van der Waals surface area contributed by atoms with Crippen molar-refractivity contribution in [2.24, 2.45) is 5.11 Å². The van der Waals surface area contributed by atoms with Gasteiger partial charge in [-0.25, -0.2) is 9.18 Å². The number of azide groups is 1. The smallest absolute Gasteiger partial charge is 0.407 e. The molecule has 0 aromatic rings. The van der Waals surface area contributed by atoms with Crippen LogP contribution in [0.15, 0.2) is 5.11 Å². The van der Waals surface area contributed by atoms with Gasteiger partial charge in [0.15, 0.2) is 0 Å². The number of amides is 1. The number of halogens is 1. The fourth-order valence-electron chi connectivity index (χ4n) is 1.26. The minimum Gasteiger partial charge on any atom is -0.465 e. The minimum atomic E-state index is -1.39. The van der Waals surface area contributed by atoms with Crippen LogP contribution in [0.4, 0.5) is 9.18 Å². The predicted octanol–water partition coefficient (Wildman–Crippen LogP) is 1.39. The summed E-state index contributed by atoms with van der Waals surface area (Å²) in [6, 6.07) is -0.722. The Morgan fingerprint density at radius 3 is 2.92 bits per heavy atom. The van der Waals surface area contributed by atoms with Crippen LogP contribution in [-0.2, 0) is 0 Å². The standard InChI is InChI=1S/C6H9FN4O2/c7-4-3-11(6(12)13)2-1-5(4)9-10-8/h4-5H,1-3H2,(H,12,13)/t4-,5-/m0/s1. The lowest BCUT2D eigenvalue weighted by Crippen LogP contribution is -2.45. The van der Waals surface area contributed by atoms with Gasteiger partial charge < -0.3 is 10.0 Å². The van der Waals surface area contributed by atoms with E-state index in [9.17, 15) is 9.18 Å². The molecule has 1 rings (SSSR count). The quantitative estimate of drug-likeness (QED) is 0.382. The molecule has 6 nitrogen and oxygen atoms in total. The summed E-state index contributed by atoms with van der Waals surface area (Å²) in [6.45, 7) is 0.0124. The summed E-state index contributed by atoms with van der Waals surface area (Å²) >= 11 is 0. The number of hydrogen-bond donors (Lipinski definition) is 1. The maximum absolute atomic E-state index is 13.1. The highest BCUT2D eigenvalue weighted by Crippen LogP contribution is 2.17. The van der Waals surface area contributed by atoms with E-state index < -0.39 is 18.3 Å². The van der Waals surface area contributed by atoms with E-state index in [-0.39, 0.29) is 19.5 Å². The molecule has 0 saturated carbocycles. The normalized spacial score (nSPS) is 27.9. The van der Waals surface area contributed by atoms with E-state index in [0.29, 0.717) is 0 Å². The van der Waals surface area contributed by atoms with Crippen LogP contribution < -0.4 is 0 Å². The minimum absolute atomic E-state index is 0.209. The number of piperidine rings is 1. The van der Waals surface area contributed by atoms with E-state index in [1.54, 1.807) is 0 Å². The van der Waals surface area contributed by atoms with Crippen molar-refractivity contribution in [2.75, 3.05) is 13.1 Å². The summed E-state index contributed by atoms with van der Waals surface area (Å²) in [4.78, 5) is 13.9. The Bertz CT molecular complexity index is 253. The topological polar surface area (TPSA) is 89.3 Å². The number of carbonyl (C=O) groups is 1. The van der Waals surface area contributed by atoms with Crippen molar-refractivity contribution in [3.8, 4) is 0 Å². The van der Waals surface area contributed by atoms with Gasteiger partial charge in [0.1, 0.15) is 6.17 Å². The zero-order valence-electron chi connectivity index (χ0n) is 6.80. The average Bonchev–Trinajstić information content (AvgIpc) is 2.08. The second-order valence-corrected chi connectivity index (χ2v) is 2.81. The lowest BCUT2D eigenvalue weighted by atomic mass is 10.0. The maximum atomic E-state index is 13.1. The van der Waals surface area contributed by atoms with Crippen LogP contribution in [0.25, 0.3) is 10.4 Å². The van der Waals surface area contributed by atoms with Crippen molar-refractivity contribution in [3.05, 3.63) is 10.4 Å². The Morgan fingerprint density at radius 1 is 1.77 bits per heavy atom. The molecular weight excluding hydrogens is 179 g/mol. The summed E-state index contributed by atoms with van der Waals surface area (Å²) in [5, 5.41) is 11.8. The highest BCUT2D eigenvalue weighted by molar-refractivity contribution is 5.65. The van der Waals surface area contributed by atoms with Crippen LogP contribution in [0.3, 0.4) is 0 Å². The summed E-state index contributed by atoms with van der Waals surface area (Å²) in [6.07, 6.45) is -2.28. The van der Waals surface area contributed by atoms with Crippen LogP contribution in [0.5, 0.6) is 0 Å². The SMILES string of the molecule is [N-]=[N+]=N[C@H]1CCN(C(=O)O)C[C@@H]1F. The number of likely N-dealkylation sites (tertiary alicyclic amines) is 1. The number of carboxylic acid groups (broad SMARTS) is 1. The van der Waals surface area contributed by atoms with Gasteiger partial charge in [0.05, 0.1) is 12.6 Å². The molecule has 1 aliphatic heterocycles. The van der Waals surface area contributed by atoms with Crippen molar-refractivity contribution >= 4 is 6.09 Å². The van der Waals surface area contributed by atoms with Crippen LogP contribution in [0, 0.1) is 0 Å². The molecule has 2 atom stereocenters. The van der Waals surface area contributed by atoms with E-state index >= 15 is 0 Å². The molecular formula is C6H9FN4O2. The molecule has 0 bridgehead atoms. The van der Waals surface area contributed by atoms with Gasteiger partial charge in [0, 0.05) is 11.5 Å². The number of hydrogen-bond acceptors (Lipinski definition) is 2. The molecule has 1 N–H and O–H groups in total. The first-order valence-electron chi connectivity index (χ1n) is 3.81. The van der Waals surface area contributed by atoms with Gasteiger partial charge in [-0.3, -0.25) is 0 Å². The molecule has 0 spiro atoms. The van der Waals surface area contributed by atoms with Crippen LogP contribution in [-0.4, -0.2) is 41.4 Å². The lowest BCUT2D eigenvalue weighted by Gasteiger charge is -2.30. The summed E-state index contributed by atoms with van der Waals surface area (Å²) in [5.74, 6) is 0. The van der Waals surface area contributed by atoms with Gasteiger partial charge in [0.25, 0.3) is 0 Å². The molecule has 0 unspecified atom stereocenters. The van der Waals surface area contributed by atoms with Gasteiger partial charge in [-0.05, 0) is 12.0 Å². The van der Waals surface area contributed by atoms with Crippen LogP contribution in [0.1, 0.15) is 6.42 Å². The number of alkyl halides is 1. The van der Waals surface area contributed by atoms with Crippen molar-refractivity contribution in [2.45, 2.75) is 18.6 Å². The van der Waals surface area contributed by atoms with Gasteiger partial charge in [-0.1, -0.05) is 5.11 Å². The van der Waals surface area contributed by atoms with Gasteiger partial charge in [0.2, 0.25) is 0 Å². The summed E-state index contributed by atoms with van der Waals surface area (Å²) < 4.78 is 13.1. The van der Waals surface area contributed by atoms with Crippen molar-refractivity contribution in [1.82, 2.24) is 4.90 Å². The summed E-state index contributed by atoms with van der Waals surface area (Å²) in [5.41, 5.74) is 8.07. The molecule has 1 heterocycles. The molecule has 7 heteroatoms. The second kappa shape index (κ2) is 3.95. The van der Waals surface area contributed by atoms with E-state index in [4.69, 9.17) is 10.6 Å². The fraction of sp³-hybridized carbons (Fsp3) is 0.833. The van der Waals surface area contributed by atoms with Gasteiger partial charge in [-0.15, -0.1) is 0 Å². The monoisotopic (exact) mass is 188 g/mol. The molecule has 1 amide bonds. The first-order valence-corrected chi connectivity index (χ1v) is 3.81. The molecule has 1 saturated heterocycles. The Balaban J connectivity index is 2.56. The molecule has 0 aliphatic carbocycles. The van der Waals surface area contributed by atoms with Crippen molar-refractivity contribution in [3.63, 3.8) is 0 Å². The van der Waals surface area contributed by atoms with E-state index in [0.717, 1.165) is 4.90 Å². The van der Waals surface area contributed by atoms with Crippen molar-refractivity contribution in [1.29, 1.82) is 0 Å². The average molecular weight is 188 g/mol. The second-order valence-electron chi connectivity index (χ2n) is 2.81. The molecule has 1 fully saturated rings. The highest BCUT2D eigenvalue weighted by atomic mass is 19.1. The molecule has 72 valence electrons. The Labute approximate surface area is 73.6 Å². The fourth-order valence-corrected chi connectivity index (χ4v) is 1.26. The maximum Gasteiger partial charge on any atom is 0.407 e. The van der Waals surface area contributed by atoms with E-state index in [1.165, 1.54) is 0 Å². The largest absolute Gasteiger partial charge is 0.465 e. The first kappa shape index (κ1) is 9.60. The van der Waals surface area contributed by atoms with Gasteiger partial charge >= 0.3 is 6.09 Å². The third-order valence-corrected chi connectivity index (χ3v) is 1.98. The zero-order chi connectivity index (χ0) is 9.84.